The molecule has 0 aliphatic heterocycles. The molecule has 33 heavy (non-hydrogen) atoms. The summed E-state index contributed by atoms with van der Waals surface area (Å²) < 4.78 is 25.7. The smallest absolute Gasteiger partial charge is 0.373 e. The summed E-state index contributed by atoms with van der Waals surface area (Å²) in [7, 11) is 0. The van der Waals surface area contributed by atoms with Gasteiger partial charge in [0, 0.05) is 17.6 Å². The van der Waals surface area contributed by atoms with Gasteiger partial charge in [-0.3, -0.25) is 9.78 Å². The molecule has 0 fully saturated rings. The van der Waals surface area contributed by atoms with Crippen LogP contribution < -0.4 is 9.47 Å². The van der Waals surface area contributed by atoms with Crippen molar-refractivity contribution in [1.82, 2.24) is 4.98 Å². The summed E-state index contributed by atoms with van der Waals surface area (Å²) >= 11 is 0. The molecular formula is C26H20FNO5. The van der Waals surface area contributed by atoms with Crippen LogP contribution in [-0.4, -0.2) is 17.1 Å². The van der Waals surface area contributed by atoms with Gasteiger partial charge in [-0.05, 0) is 66.9 Å². The third-order valence-corrected chi connectivity index (χ3v) is 4.88. The first-order valence-corrected chi connectivity index (χ1v) is 9.98. The van der Waals surface area contributed by atoms with E-state index in [1.807, 2.05) is 32.0 Å². The Kier molecular flexibility index (Phi) is 7.63. The van der Waals surface area contributed by atoms with E-state index in [1.54, 1.807) is 42.6 Å². The van der Waals surface area contributed by atoms with Crippen LogP contribution >= 0.6 is 0 Å². The van der Waals surface area contributed by atoms with E-state index < -0.39 is 11.8 Å². The first kappa shape index (κ1) is 23.3. The lowest BCUT2D eigenvalue weighted by atomic mass is 10.1. The fourth-order valence-electron chi connectivity index (χ4n) is 3.14. The summed E-state index contributed by atoms with van der Waals surface area (Å²) in [4.78, 5) is 32.7. The van der Waals surface area contributed by atoms with Gasteiger partial charge in [0.1, 0.15) is 23.1 Å². The van der Waals surface area contributed by atoms with E-state index in [0.717, 1.165) is 22.0 Å². The average molecular weight is 445 g/mol. The molecule has 0 aliphatic carbocycles. The Morgan fingerprint density at radius 1 is 0.939 bits per heavy atom. The van der Waals surface area contributed by atoms with Crippen molar-refractivity contribution in [2.75, 3.05) is 0 Å². The molecule has 0 spiro atoms. The van der Waals surface area contributed by atoms with Gasteiger partial charge in [0.25, 0.3) is 0 Å². The third kappa shape index (κ3) is 6.09. The molecule has 3 aromatic carbocycles. The van der Waals surface area contributed by atoms with Crippen LogP contribution in [0.5, 0.6) is 17.2 Å². The molecule has 4 aromatic rings. The third-order valence-electron chi connectivity index (χ3n) is 4.88. The number of hydrogen-bond donors (Lipinski definition) is 0. The van der Waals surface area contributed by atoms with E-state index in [2.05, 4.69) is 4.98 Å². The molecular weight excluding hydrogens is 425 g/mol. The van der Waals surface area contributed by atoms with Crippen molar-refractivity contribution in [3.63, 3.8) is 0 Å². The first-order valence-electron chi connectivity index (χ1n) is 9.98. The van der Waals surface area contributed by atoms with Gasteiger partial charge in [-0.1, -0.05) is 24.3 Å². The molecule has 4 rings (SSSR count). The summed E-state index contributed by atoms with van der Waals surface area (Å²) in [5.41, 5.74) is 3.33. The SMILES string of the molecule is Cc1cc2nccc(Oc3ccc(CC(=O)Oc4ccccc4)c(F)c3)c2cc1C.O=C=O. The van der Waals surface area contributed by atoms with Crippen LogP contribution in [-0.2, 0) is 20.8 Å². The molecule has 0 unspecified atom stereocenters. The van der Waals surface area contributed by atoms with E-state index in [0.29, 0.717) is 17.2 Å². The number of halogens is 1. The lowest BCUT2D eigenvalue weighted by molar-refractivity contribution is -0.191. The zero-order valence-corrected chi connectivity index (χ0v) is 18.0. The van der Waals surface area contributed by atoms with Crippen molar-refractivity contribution in [3.8, 4) is 17.2 Å². The molecule has 0 aliphatic rings. The normalized spacial score (nSPS) is 10.0. The number of aryl methyl sites for hydroxylation is 2. The maximum absolute atomic E-state index is 14.6. The molecule has 0 N–H and O–H groups in total. The highest BCUT2D eigenvalue weighted by molar-refractivity contribution is 5.86. The molecule has 0 saturated carbocycles. The van der Waals surface area contributed by atoms with Crippen molar-refractivity contribution in [2.45, 2.75) is 20.3 Å². The van der Waals surface area contributed by atoms with Crippen LogP contribution in [0.15, 0.2) is 72.9 Å². The van der Waals surface area contributed by atoms with Crippen LogP contribution in [0.25, 0.3) is 10.9 Å². The first-order chi connectivity index (χ1) is 15.9. The maximum Gasteiger partial charge on any atom is 0.373 e. The monoisotopic (exact) mass is 445 g/mol. The zero-order chi connectivity index (χ0) is 23.8. The zero-order valence-electron chi connectivity index (χ0n) is 18.0. The minimum absolute atomic E-state index is 0.169. The van der Waals surface area contributed by atoms with E-state index in [-0.39, 0.29) is 18.1 Å². The molecule has 0 atom stereocenters. The van der Waals surface area contributed by atoms with Crippen LogP contribution in [0.2, 0.25) is 0 Å². The summed E-state index contributed by atoms with van der Waals surface area (Å²) in [5, 5.41) is 0.858. The molecule has 166 valence electrons. The van der Waals surface area contributed by atoms with E-state index in [1.165, 1.54) is 12.1 Å². The van der Waals surface area contributed by atoms with Crippen molar-refractivity contribution >= 4 is 23.0 Å². The standard InChI is InChI=1S/C25H20FNO3.CO2/c1-16-12-21-23(13-17(16)2)27-11-10-24(21)29-20-9-8-18(22(26)15-20)14-25(28)30-19-6-4-3-5-7-19;2-1-3/h3-13,15H,14H2,1-2H3;. The van der Waals surface area contributed by atoms with Crippen molar-refractivity contribution in [3.05, 3.63) is 95.4 Å². The highest BCUT2D eigenvalue weighted by Crippen LogP contribution is 2.31. The van der Waals surface area contributed by atoms with Gasteiger partial charge in [-0.15, -0.1) is 0 Å². The van der Waals surface area contributed by atoms with Crippen LogP contribution in [0.3, 0.4) is 0 Å². The van der Waals surface area contributed by atoms with Crippen molar-refractivity contribution in [2.24, 2.45) is 0 Å². The Balaban J connectivity index is 0.000000968. The Morgan fingerprint density at radius 3 is 2.33 bits per heavy atom. The Morgan fingerprint density at radius 2 is 1.64 bits per heavy atom. The lowest BCUT2D eigenvalue weighted by Crippen LogP contribution is -2.12. The second-order valence-electron chi connectivity index (χ2n) is 7.17. The summed E-state index contributed by atoms with van der Waals surface area (Å²) in [6.07, 6.45) is 1.74. The van der Waals surface area contributed by atoms with Crippen molar-refractivity contribution in [1.29, 1.82) is 0 Å². The van der Waals surface area contributed by atoms with Gasteiger partial charge in [0.15, 0.2) is 0 Å². The number of carbonyl (C=O) groups is 1. The quantitative estimate of drug-likeness (QED) is 0.304. The largest absolute Gasteiger partial charge is 0.456 e. The van der Waals surface area contributed by atoms with E-state index in [9.17, 15) is 9.18 Å². The predicted octanol–water partition coefficient (Wildman–Crippen LogP) is 5.35. The average Bonchev–Trinajstić information content (AvgIpc) is 2.78. The Hall–Kier alpha value is -4.35. The minimum atomic E-state index is -0.528. The van der Waals surface area contributed by atoms with Gasteiger partial charge >= 0.3 is 12.1 Å². The Labute approximate surface area is 189 Å². The van der Waals surface area contributed by atoms with Crippen LogP contribution in [0.1, 0.15) is 16.7 Å². The second-order valence-corrected chi connectivity index (χ2v) is 7.17. The lowest BCUT2D eigenvalue weighted by Gasteiger charge is -2.11. The fraction of sp³-hybridized carbons (Fsp3) is 0.115. The summed E-state index contributed by atoms with van der Waals surface area (Å²) in [5.74, 6) is 0.317. The summed E-state index contributed by atoms with van der Waals surface area (Å²) in [6.45, 7) is 4.05. The molecule has 7 heteroatoms. The topological polar surface area (TPSA) is 82.6 Å². The highest BCUT2D eigenvalue weighted by atomic mass is 19.1. The van der Waals surface area contributed by atoms with Crippen LogP contribution in [0.4, 0.5) is 4.39 Å². The number of rotatable bonds is 5. The number of pyridine rings is 1. The number of esters is 1. The molecule has 0 saturated heterocycles. The predicted molar refractivity (Wildman–Crippen MR) is 118 cm³/mol. The second kappa shape index (κ2) is 10.8. The van der Waals surface area contributed by atoms with Crippen molar-refractivity contribution < 1.29 is 28.2 Å². The maximum atomic E-state index is 14.6. The number of para-hydroxylation sites is 1. The van der Waals surface area contributed by atoms with Gasteiger partial charge < -0.3 is 9.47 Å². The molecule has 6 nitrogen and oxygen atoms in total. The van der Waals surface area contributed by atoms with Crippen LogP contribution in [0, 0.1) is 19.7 Å². The number of carbonyl (C=O) groups excluding carboxylic acids is 3. The number of nitrogens with zero attached hydrogens (tertiary/aromatic N) is 1. The number of ether oxygens (including phenoxy) is 2. The van der Waals surface area contributed by atoms with E-state index in [4.69, 9.17) is 19.1 Å². The summed E-state index contributed by atoms with van der Waals surface area (Å²) in [6, 6.07) is 18.9. The molecule has 1 heterocycles. The van der Waals surface area contributed by atoms with Gasteiger partial charge in [-0.2, -0.15) is 9.59 Å². The number of aromatic nitrogens is 1. The Bertz CT molecular complexity index is 1320. The molecule has 1 aromatic heterocycles. The van der Waals surface area contributed by atoms with Gasteiger partial charge in [0.2, 0.25) is 0 Å². The van der Waals surface area contributed by atoms with Gasteiger partial charge in [0.05, 0.1) is 11.9 Å². The highest BCUT2D eigenvalue weighted by Gasteiger charge is 2.13. The minimum Gasteiger partial charge on any atom is -0.456 e. The number of fused-ring (bicyclic) bond motifs is 1. The van der Waals surface area contributed by atoms with E-state index >= 15 is 0 Å². The number of benzene rings is 3. The molecule has 0 amide bonds. The molecule has 0 bridgehead atoms. The van der Waals surface area contributed by atoms with Gasteiger partial charge in [-0.25, -0.2) is 4.39 Å². The fourth-order valence-corrected chi connectivity index (χ4v) is 3.14. The molecule has 0 radical (unpaired) electrons. The number of hydrogen-bond acceptors (Lipinski definition) is 6.